The topological polar surface area (TPSA) is 67.9 Å². The predicted molar refractivity (Wildman–Crippen MR) is 111 cm³/mol. The molecular formula is C22H25ClN2O4. The van der Waals surface area contributed by atoms with Crippen LogP contribution >= 0.6 is 11.6 Å². The van der Waals surface area contributed by atoms with Crippen LogP contribution in [0.1, 0.15) is 24.5 Å². The van der Waals surface area contributed by atoms with E-state index in [4.69, 9.17) is 21.1 Å². The van der Waals surface area contributed by atoms with Crippen molar-refractivity contribution in [2.45, 2.75) is 18.9 Å². The van der Waals surface area contributed by atoms with Gasteiger partial charge in [0.1, 0.15) is 11.9 Å². The van der Waals surface area contributed by atoms with Crippen molar-refractivity contribution in [1.82, 2.24) is 10.2 Å². The number of amides is 2. The number of rotatable bonds is 8. The third-order valence-corrected chi connectivity index (χ3v) is 4.92. The molecule has 0 bridgehead atoms. The Hall–Kier alpha value is -2.57. The van der Waals surface area contributed by atoms with Gasteiger partial charge in [-0.05, 0) is 36.2 Å². The van der Waals surface area contributed by atoms with Crippen LogP contribution in [0.2, 0.25) is 5.02 Å². The first-order chi connectivity index (χ1) is 14.1. The van der Waals surface area contributed by atoms with Crippen molar-refractivity contribution < 1.29 is 19.1 Å². The monoisotopic (exact) mass is 416 g/mol. The molecular weight excluding hydrogens is 392 g/mol. The Bertz CT molecular complexity index is 798. The second kappa shape index (κ2) is 10.8. The van der Waals surface area contributed by atoms with E-state index in [1.165, 1.54) is 0 Å². The van der Waals surface area contributed by atoms with E-state index < -0.39 is 0 Å². The Morgan fingerprint density at radius 2 is 1.90 bits per heavy atom. The lowest BCUT2D eigenvalue weighted by molar-refractivity contribution is -0.139. The van der Waals surface area contributed by atoms with Crippen LogP contribution in [-0.4, -0.2) is 49.6 Å². The number of nitrogens with one attached hydrogen (secondary N) is 1. The second-order valence-electron chi connectivity index (χ2n) is 6.81. The molecule has 1 fully saturated rings. The van der Waals surface area contributed by atoms with Crippen LogP contribution < -0.4 is 10.1 Å². The van der Waals surface area contributed by atoms with Crippen LogP contribution in [0.25, 0.3) is 0 Å². The summed E-state index contributed by atoms with van der Waals surface area (Å²) in [6.45, 7) is 2.05. The number of ether oxygens (including phenoxy) is 2. The minimum atomic E-state index is -0.220. The molecule has 29 heavy (non-hydrogen) atoms. The SMILES string of the molecule is O=C(COc1ccc(Cl)cc1)NCCCC(=O)N1CCOC(c2ccccc2)C1. The van der Waals surface area contributed by atoms with E-state index in [2.05, 4.69) is 5.32 Å². The van der Waals surface area contributed by atoms with Gasteiger partial charge in [-0.25, -0.2) is 0 Å². The molecule has 7 heteroatoms. The fourth-order valence-corrected chi connectivity index (χ4v) is 3.23. The number of halogens is 1. The summed E-state index contributed by atoms with van der Waals surface area (Å²) in [6.07, 6.45) is 0.886. The molecule has 1 aliphatic heterocycles. The molecule has 1 N–H and O–H groups in total. The summed E-state index contributed by atoms with van der Waals surface area (Å²) in [4.78, 5) is 26.2. The lowest BCUT2D eigenvalue weighted by Crippen LogP contribution is -2.42. The molecule has 2 aromatic carbocycles. The molecule has 154 valence electrons. The molecule has 0 radical (unpaired) electrons. The lowest BCUT2D eigenvalue weighted by atomic mass is 10.1. The second-order valence-corrected chi connectivity index (χ2v) is 7.24. The molecule has 2 amide bonds. The Morgan fingerprint density at radius 3 is 2.66 bits per heavy atom. The summed E-state index contributed by atoms with van der Waals surface area (Å²) >= 11 is 5.81. The molecule has 1 unspecified atom stereocenters. The van der Waals surface area contributed by atoms with E-state index in [0.717, 1.165) is 5.56 Å². The van der Waals surface area contributed by atoms with Crippen LogP contribution in [-0.2, 0) is 14.3 Å². The van der Waals surface area contributed by atoms with E-state index in [1.807, 2.05) is 35.2 Å². The molecule has 0 spiro atoms. The summed E-state index contributed by atoms with van der Waals surface area (Å²) in [6, 6.07) is 16.8. The van der Waals surface area contributed by atoms with Gasteiger partial charge in [-0.1, -0.05) is 41.9 Å². The standard InChI is InChI=1S/C22H25ClN2O4/c23-18-8-10-19(11-9-18)29-16-21(26)24-12-4-7-22(27)25-13-14-28-20(15-25)17-5-2-1-3-6-17/h1-3,5-6,8-11,20H,4,7,12-16H2,(H,24,26). The minimum absolute atomic E-state index is 0.0716. The maximum absolute atomic E-state index is 12.5. The molecule has 1 atom stereocenters. The zero-order valence-electron chi connectivity index (χ0n) is 16.2. The van der Waals surface area contributed by atoms with Gasteiger partial charge in [0.2, 0.25) is 5.91 Å². The Morgan fingerprint density at radius 1 is 1.14 bits per heavy atom. The molecule has 0 aliphatic carbocycles. The maximum atomic E-state index is 12.5. The molecule has 0 aromatic heterocycles. The van der Waals surface area contributed by atoms with Crippen molar-refractivity contribution in [3.63, 3.8) is 0 Å². The molecule has 2 aromatic rings. The Labute approximate surface area is 175 Å². The first kappa shape index (κ1) is 21.1. The highest BCUT2D eigenvalue weighted by Gasteiger charge is 2.24. The highest BCUT2D eigenvalue weighted by atomic mass is 35.5. The number of nitrogens with zero attached hydrogens (tertiary/aromatic N) is 1. The van der Waals surface area contributed by atoms with Crippen molar-refractivity contribution in [2.75, 3.05) is 32.8 Å². The number of morpholine rings is 1. The van der Waals surface area contributed by atoms with E-state index in [-0.39, 0.29) is 24.5 Å². The van der Waals surface area contributed by atoms with Gasteiger partial charge in [-0.3, -0.25) is 9.59 Å². The molecule has 1 aliphatic rings. The smallest absolute Gasteiger partial charge is 0.257 e. The van der Waals surface area contributed by atoms with Gasteiger partial charge >= 0.3 is 0 Å². The quantitative estimate of drug-likeness (QED) is 0.671. The maximum Gasteiger partial charge on any atom is 0.257 e. The Kier molecular flexibility index (Phi) is 7.90. The number of hydrogen-bond donors (Lipinski definition) is 1. The van der Waals surface area contributed by atoms with Crippen molar-refractivity contribution in [2.24, 2.45) is 0 Å². The average Bonchev–Trinajstić information content (AvgIpc) is 2.77. The van der Waals surface area contributed by atoms with Gasteiger partial charge in [-0.15, -0.1) is 0 Å². The first-order valence-corrected chi connectivity index (χ1v) is 10.1. The van der Waals surface area contributed by atoms with Crippen molar-refractivity contribution >= 4 is 23.4 Å². The number of benzene rings is 2. The average molecular weight is 417 g/mol. The highest BCUT2D eigenvalue weighted by molar-refractivity contribution is 6.30. The normalized spacial score (nSPS) is 16.3. The summed E-state index contributed by atoms with van der Waals surface area (Å²) in [5.41, 5.74) is 1.08. The van der Waals surface area contributed by atoms with Crippen LogP contribution in [0.3, 0.4) is 0 Å². The van der Waals surface area contributed by atoms with Crippen LogP contribution in [0.15, 0.2) is 54.6 Å². The third-order valence-electron chi connectivity index (χ3n) is 4.66. The van der Waals surface area contributed by atoms with E-state index >= 15 is 0 Å². The van der Waals surface area contributed by atoms with Gasteiger partial charge in [0.05, 0.1) is 13.2 Å². The van der Waals surface area contributed by atoms with Gasteiger partial charge < -0.3 is 19.7 Å². The predicted octanol–water partition coefficient (Wildman–Crippen LogP) is 3.22. The number of hydrogen-bond acceptors (Lipinski definition) is 4. The van der Waals surface area contributed by atoms with Gasteiger partial charge in [-0.2, -0.15) is 0 Å². The van der Waals surface area contributed by atoms with Gasteiger partial charge in [0, 0.05) is 24.5 Å². The van der Waals surface area contributed by atoms with E-state index in [0.29, 0.717) is 49.9 Å². The zero-order chi connectivity index (χ0) is 20.5. The third kappa shape index (κ3) is 6.76. The number of carbonyl (C=O) groups excluding carboxylic acids is 2. The largest absolute Gasteiger partial charge is 0.484 e. The first-order valence-electron chi connectivity index (χ1n) is 9.71. The molecule has 6 nitrogen and oxygen atoms in total. The fraction of sp³-hybridized carbons (Fsp3) is 0.364. The van der Waals surface area contributed by atoms with Crippen molar-refractivity contribution in [1.29, 1.82) is 0 Å². The lowest BCUT2D eigenvalue weighted by Gasteiger charge is -2.33. The summed E-state index contributed by atoms with van der Waals surface area (Å²) in [5.74, 6) is 0.448. The van der Waals surface area contributed by atoms with Crippen LogP contribution in [0, 0.1) is 0 Å². The molecule has 1 heterocycles. The summed E-state index contributed by atoms with van der Waals surface area (Å²) in [5, 5.41) is 3.38. The van der Waals surface area contributed by atoms with E-state index in [1.54, 1.807) is 24.3 Å². The van der Waals surface area contributed by atoms with Crippen LogP contribution in [0.4, 0.5) is 0 Å². The van der Waals surface area contributed by atoms with E-state index in [9.17, 15) is 9.59 Å². The minimum Gasteiger partial charge on any atom is -0.484 e. The highest BCUT2D eigenvalue weighted by Crippen LogP contribution is 2.22. The summed E-state index contributed by atoms with van der Waals surface area (Å²) in [7, 11) is 0. The van der Waals surface area contributed by atoms with Gasteiger partial charge in [0.15, 0.2) is 6.61 Å². The molecule has 0 saturated carbocycles. The van der Waals surface area contributed by atoms with Crippen molar-refractivity contribution in [3.05, 3.63) is 65.2 Å². The fourth-order valence-electron chi connectivity index (χ4n) is 3.10. The zero-order valence-corrected chi connectivity index (χ0v) is 16.9. The molecule has 1 saturated heterocycles. The van der Waals surface area contributed by atoms with Crippen LogP contribution in [0.5, 0.6) is 5.75 Å². The summed E-state index contributed by atoms with van der Waals surface area (Å²) < 4.78 is 11.2. The Balaban J connectivity index is 1.33. The molecule has 3 rings (SSSR count). The number of carbonyl (C=O) groups is 2. The van der Waals surface area contributed by atoms with Gasteiger partial charge in [0.25, 0.3) is 5.91 Å². The van der Waals surface area contributed by atoms with Crippen molar-refractivity contribution in [3.8, 4) is 5.75 Å².